The highest BCUT2D eigenvalue weighted by atomic mass is 79.9. The molecule has 1 saturated carbocycles. The lowest BCUT2D eigenvalue weighted by Gasteiger charge is -2.34. The standard InChI is InChI=1S/C13H16BrNO2/c14-8-11-6-12(7-11)15-13(16)17-9-10-4-2-1-3-5-10/h1-5,11-12H,6-9H2,(H,15,16). The lowest BCUT2D eigenvalue weighted by atomic mass is 9.82. The predicted molar refractivity (Wildman–Crippen MR) is 70.1 cm³/mol. The smallest absolute Gasteiger partial charge is 0.407 e. The van der Waals surface area contributed by atoms with E-state index in [1.807, 2.05) is 30.3 Å². The molecule has 4 heteroatoms. The Kier molecular flexibility index (Phi) is 4.42. The first kappa shape index (κ1) is 12.4. The van der Waals surface area contributed by atoms with Crippen molar-refractivity contribution in [3.05, 3.63) is 35.9 Å². The number of amides is 1. The molecule has 0 heterocycles. The maximum Gasteiger partial charge on any atom is 0.407 e. The zero-order chi connectivity index (χ0) is 12.1. The van der Waals surface area contributed by atoms with Crippen LogP contribution in [0.5, 0.6) is 0 Å². The zero-order valence-corrected chi connectivity index (χ0v) is 11.2. The molecule has 1 aromatic carbocycles. The van der Waals surface area contributed by atoms with Crippen LogP contribution in [-0.4, -0.2) is 17.5 Å². The summed E-state index contributed by atoms with van der Waals surface area (Å²) in [5.74, 6) is 0.703. The van der Waals surface area contributed by atoms with Crippen molar-refractivity contribution < 1.29 is 9.53 Å². The Hall–Kier alpha value is -1.03. The summed E-state index contributed by atoms with van der Waals surface area (Å²) >= 11 is 3.44. The van der Waals surface area contributed by atoms with Crippen molar-refractivity contribution >= 4 is 22.0 Å². The number of alkyl halides is 1. The van der Waals surface area contributed by atoms with Crippen LogP contribution in [-0.2, 0) is 11.3 Å². The average molecular weight is 298 g/mol. The van der Waals surface area contributed by atoms with E-state index in [1.165, 1.54) is 0 Å². The van der Waals surface area contributed by atoms with Gasteiger partial charge in [0.05, 0.1) is 0 Å². The van der Waals surface area contributed by atoms with Gasteiger partial charge < -0.3 is 10.1 Å². The molecule has 92 valence electrons. The van der Waals surface area contributed by atoms with Crippen LogP contribution >= 0.6 is 15.9 Å². The molecule has 1 fully saturated rings. The van der Waals surface area contributed by atoms with E-state index < -0.39 is 0 Å². The van der Waals surface area contributed by atoms with Crippen molar-refractivity contribution in [2.24, 2.45) is 5.92 Å². The van der Waals surface area contributed by atoms with Crippen LogP contribution in [0.2, 0.25) is 0 Å². The fourth-order valence-electron chi connectivity index (χ4n) is 1.91. The Labute approximate surface area is 110 Å². The molecule has 1 N–H and O–H groups in total. The number of rotatable bonds is 4. The molecule has 0 radical (unpaired) electrons. The van der Waals surface area contributed by atoms with Gasteiger partial charge in [-0.2, -0.15) is 0 Å². The monoisotopic (exact) mass is 297 g/mol. The van der Waals surface area contributed by atoms with Crippen LogP contribution in [0.1, 0.15) is 18.4 Å². The molecule has 0 aliphatic heterocycles. The molecule has 0 atom stereocenters. The number of alkyl carbamates (subject to hydrolysis) is 1. The van der Waals surface area contributed by atoms with Crippen LogP contribution in [0.25, 0.3) is 0 Å². The van der Waals surface area contributed by atoms with E-state index in [9.17, 15) is 4.79 Å². The van der Waals surface area contributed by atoms with Gasteiger partial charge in [-0.3, -0.25) is 0 Å². The van der Waals surface area contributed by atoms with Crippen molar-refractivity contribution in [1.29, 1.82) is 0 Å². The summed E-state index contributed by atoms with van der Waals surface area (Å²) in [4.78, 5) is 11.5. The fraction of sp³-hybridized carbons (Fsp3) is 0.462. The molecule has 1 aliphatic carbocycles. The minimum absolute atomic E-state index is 0.292. The Morgan fingerprint density at radius 3 is 2.71 bits per heavy atom. The summed E-state index contributed by atoms with van der Waals surface area (Å²) in [5.41, 5.74) is 1.01. The maximum absolute atomic E-state index is 11.5. The topological polar surface area (TPSA) is 38.3 Å². The van der Waals surface area contributed by atoms with Crippen LogP contribution in [0.3, 0.4) is 0 Å². The van der Waals surface area contributed by atoms with Gasteiger partial charge in [0.1, 0.15) is 6.61 Å². The second kappa shape index (κ2) is 6.05. The summed E-state index contributed by atoms with van der Waals surface area (Å²) in [5, 5.41) is 3.89. The third-order valence-electron chi connectivity index (χ3n) is 2.99. The molecule has 0 unspecified atom stereocenters. The second-order valence-corrected chi connectivity index (χ2v) is 5.04. The number of carbonyl (C=O) groups is 1. The molecule has 17 heavy (non-hydrogen) atoms. The second-order valence-electron chi connectivity index (χ2n) is 4.39. The van der Waals surface area contributed by atoms with Gasteiger partial charge in [0.15, 0.2) is 0 Å². The van der Waals surface area contributed by atoms with E-state index in [4.69, 9.17) is 4.74 Å². The predicted octanol–water partition coefficient (Wildman–Crippen LogP) is 3.09. The molecule has 0 aromatic heterocycles. The first-order valence-corrected chi connectivity index (χ1v) is 6.93. The fourth-order valence-corrected chi connectivity index (χ4v) is 2.44. The minimum atomic E-state index is -0.313. The van der Waals surface area contributed by atoms with Crippen LogP contribution in [0.15, 0.2) is 30.3 Å². The van der Waals surface area contributed by atoms with Gasteiger partial charge in [-0.1, -0.05) is 46.3 Å². The first-order chi connectivity index (χ1) is 8.28. The third-order valence-corrected chi connectivity index (χ3v) is 3.90. The van der Waals surface area contributed by atoms with E-state index in [2.05, 4.69) is 21.2 Å². The summed E-state index contributed by atoms with van der Waals surface area (Å²) in [7, 11) is 0. The van der Waals surface area contributed by atoms with Crippen molar-refractivity contribution in [2.75, 3.05) is 5.33 Å². The minimum Gasteiger partial charge on any atom is -0.445 e. The highest BCUT2D eigenvalue weighted by Gasteiger charge is 2.29. The normalized spacial score (nSPS) is 22.6. The molecule has 1 aliphatic rings. The molecule has 1 amide bonds. The Balaban J connectivity index is 1.65. The maximum atomic E-state index is 11.5. The molecular weight excluding hydrogens is 282 g/mol. The van der Waals surface area contributed by atoms with Crippen molar-refractivity contribution in [3.63, 3.8) is 0 Å². The van der Waals surface area contributed by atoms with E-state index >= 15 is 0 Å². The molecule has 2 rings (SSSR count). The van der Waals surface area contributed by atoms with Gasteiger partial charge in [0, 0.05) is 11.4 Å². The summed E-state index contributed by atoms with van der Waals surface area (Å²) in [6, 6.07) is 9.99. The number of hydrogen-bond donors (Lipinski definition) is 1. The summed E-state index contributed by atoms with van der Waals surface area (Å²) in [6.45, 7) is 0.335. The van der Waals surface area contributed by atoms with Gasteiger partial charge in [0.2, 0.25) is 0 Å². The number of ether oxygens (including phenoxy) is 1. The lowest BCUT2D eigenvalue weighted by Crippen LogP contribution is -2.44. The van der Waals surface area contributed by atoms with E-state index in [1.54, 1.807) is 0 Å². The Bertz CT molecular complexity index is 363. The van der Waals surface area contributed by atoms with Gasteiger partial charge in [-0.25, -0.2) is 4.79 Å². The number of nitrogens with one attached hydrogen (secondary N) is 1. The van der Waals surface area contributed by atoms with Crippen molar-refractivity contribution in [1.82, 2.24) is 5.32 Å². The summed E-state index contributed by atoms with van der Waals surface area (Å²) < 4.78 is 5.14. The van der Waals surface area contributed by atoms with Crippen molar-refractivity contribution in [2.45, 2.75) is 25.5 Å². The molecule has 0 saturated heterocycles. The highest BCUT2D eigenvalue weighted by Crippen LogP contribution is 2.28. The number of carbonyl (C=O) groups excluding carboxylic acids is 1. The summed E-state index contributed by atoms with van der Waals surface area (Å²) in [6.07, 6.45) is 1.78. The quantitative estimate of drug-likeness (QED) is 0.868. The lowest BCUT2D eigenvalue weighted by molar-refractivity contribution is 0.124. The van der Waals surface area contributed by atoms with E-state index in [0.29, 0.717) is 18.6 Å². The Morgan fingerprint density at radius 2 is 2.06 bits per heavy atom. The van der Waals surface area contributed by atoms with Crippen LogP contribution < -0.4 is 5.32 Å². The van der Waals surface area contributed by atoms with Crippen LogP contribution in [0, 0.1) is 5.92 Å². The van der Waals surface area contributed by atoms with E-state index in [0.717, 1.165) is 23.7 Å². The van der Waals surface area contributed by atoms with E-state index in [-0.39, 0.29) is 6.09 Å². The molecule has 3 nitrogen and oxygen atoms in total. The van der Waals surface area contributed by atoms with Gasteiger partial charge in [-0.05, 0) is 24.3 Å². The Morgan fingerprint density at radius 1 is 1.35 bits per heavy atom. The number of hydrogen-bond acceptors (Lipinski definition) is 2. The molecular formula is C13H16BrNO2. The SMILES string of the molecule is O=C(NC1CC(CBr)C1)OCc1ccccc1. The zero-order valence-electron chi connectivity index (χ0n) is 9.56. The van der Waals surface area contributed by atoms with Gasteiger partial charge in [-0.15, -0.1) is 0 Å². The molecule has 0 spiro atoms. The molecule has 0 bridgehead atoms. The largest absolute Gasteiger partial charge is 0.445 e. The molecule has 1 aromatic rings. The first-order valence-electron chi connectivity index (χ1n) is 5.81. The van der Waals surface area contributed by atoms with Gasteiger partial charge >= 0.3 is 6.09 Å². The average Bonchev–Trinajstić information content (AvgIpc) is 2.32. The van der Waals surface area contributed by atoms with Gasteiger partial charge in [0.25, 0.3) is 0 Å². The van der Waals surface area contributed by atoms with Crippen LogP contribution in [0.4, 0.5) is 4.79 Å². The number of halogens is 1. The third kappa shape index (κ3) is 3.73. The highest BCUT2D eigenvalue weighted by molar-refractivity contribution is 9.09. The number of benzene rings is 1. The van der Waals surface area contributed by atoms with Crippen molar-refractivity contribution in [3.8, 4) is 0 Å².